The van der Waals surface area contributed by atoms with E-state index in [1.807, 2.05) is 18.2 Å². The van der Waals surface area contributed by atoms with E-state index in [-0.39, 0.29) is 0 Å². The van der Waals surface area contributed by atoms with Gasteiger partial charge in [-0.25, -0.2) is 0 Å². The molecule has 2 aliphatic rings. The zero-order valence-electron chi connectivity index (χ0n) is 14.3. The predicted molar refractivity (Wildman–Crippen MR) is 98.6 cm³/mol. The van der Waals surface area contributed by atoms with E-state index in [2.05, 4.69) is 10.1 Å². The third-order valence-electron chi connectivity index (χ3n) is 6.01. The molecule has 3 nitrogen and oxygen atoms in total. The minimum atomic E-state index is 0.510. The summed E-state index contributed by atoms with van der Waals surface area (Å²) in [5.41, 5.74) is 1.97. The van der Waals surface area contributed by atoms with E-state index in [0.29, 0.717) is 5.92 Å². The number of nitrogens with zero attached hydrogens (tertiary/aromatic N) is 2. The summed E-state index contributed by atoms with van der Waals surface area (Å²) >= 11 is 6.15. The van der Waals surface area contributed by atoms with Crippen LogP contribution in [-0.2, 0) is 0 Å². The van der Waals surface area contributed by atoms with Crippen LogP contribution < -0.4 is 0 Å². The van der Waals surface area contributed by atoms with E-state index in [0.717, 1.165) is 27.6 Å². The second-order valence-corrected chi connectivity index (χ2v) is 8.05. The van der Waals surface area contributed by atoms with Crippen molar-refractivity contribution < 1.29 is 4.52 Å². The molecule has 1 saturated carbocycles. The Morgan fingerprint density at radius 3 is 2.67 bits per heavy atom. The minimum absolute atomic E-state index is 0.510. The van der Waals surface area contributed by atoms with Crippen LogP contribution in [0.2, 0.25) is 5.02 Å². The standard InChI is InChI=1S/C20H27ClN2O/c21-17-6-7-19-18(14-17)20(22-24-19)16-9-12-23(13-10-16)11-8-15-4-2-1-3-5-15/h6-7,14-16H,1-5,8-13H2. The molecule has 1 aliphatic heterocycles. The Bertz CT molecular complexity index is 669. The largest absolute Gasteiger partial charge is 0.356 e. The van der Waals surface area contributed by atoms with E-state index in [4.69, 9.17) is 16.1 Å². The van der Waals surface area contributed by atoms with Crippen molar-refractivity contribution in [1.82, 2.24) is 10.1 Å². The first-order chi connectivity index (χ1) is 11.8. The van der Waals surface area contributed by atoms with Crippen LogP contribution in [0.15, 0.2) is 22.7 Å². The maximum atomic E-state index is 6.15. The molecule has 130 valence electrons. The lowest BCUT2D eigenvalue weighted by Crippen LogP contribution is -2.34. The highest BCUT2D eigenvalue weighted by molar-refractivity contribution is 6.31. The van der Waals surface area contributed by atoms with Gasteiger partial charge in [0.15, 0.2) is 5.58 Å². The number of hydrogen-bond donors (Lipinski definition) is 0. The zero-order valence-corrected chi connectivity index (χ0v) is 15.1. The van der Waals surface area contributed by atoms with Crippen LogP contribution in [-0.4, -0.2) is 29.7 Å². The van der Waals surface area contributed by atoms with E-state index >= 15 is 0 Å². The fourth-order valence-corrected chi connectivity index (χ4v) is 4.67. The lowest BCUT2D eigenvalue weighted by atomic mass is 9.86. The summed E-state index contributed by atoms with van der Waals surface area (Å²) in [5, 5.41) is 6.21. The number of piperidine rings is 1. The van der Waals surface area contributed by atoms with Gasteiger partial charge in [0.1, 0.15) is 0 Å². The quantitative estimate of drug-likeness (QED) is 0.718. The molecule has 1 aliphatic carbocycles. The van der Waals surface area contributed by atoms with E-state index in [1.165, 1.54) is 71.0 Å². The normalized spacial score (nSPS) is 21.5. The molecule has 1 saturated heterocycles. The summed E-state index contributed by atoms with van der Waals surface area (Å²) in [6.07, 6.45) is 11.0. The fourth-order valence-electron chi connectivity index (χ4n) is 4.49. The maximum absolute atomic E-state index is 6.15. The summed E-state index contributed by atoms with van der Waals surface area (Å²) in [6, 6.07) is 5.79. The Kier molecular flexibility index (Phi) is 5.09. The Hall–Kier alpha value is -1.06. The van der Waals surface area contributed by atoms with Crippen molar-refractivity contribution in [3.05, 3.63) is 28.9 Å². The van der Waals surface area contributed by atoms with Crippen molar-refractivity contribution >= 4 is 22.6 Å². The average Bonchev–Trinajstić information content (AvgIpc) is 3.04. The van der Waals surface area contributed by atoms with Gasteiger partial charge in [-0.1, -0.05) is 48.9 Å². The van der Waals surface area contributed by atoms with Gasteiger partial charge in [-0.2, -0.15) is 0 Å². The first-order valence-corrected chi connectivity index (χ1v) is 9.94. The molecule has 0 N–H and O–H groups in total. The summed E-state index contributed by atoms with van der Waals surface area (Å²) in [6.45, 7) is 3.65. The molecule has 1 aromatic carbocycles. The molecule has 0 amide bonds. The van der Waals surface area contributed by atoms with Gasteiger partial charge < -0.3 is 9.42 Å². The van der Waals surface area contributed by atoms with Gasteiger partial charge in [-0.3, -0.25) is 0 Å². The summed E-state index contributed by atoms with van der Waals surface area (Å²) < 4.78 is 5.49. The smallest absolute Gasteiger partial charge is 0.167 e. The zero-order chi connectivity index (χ0) is 16.4. The molecule has 24 heavy (non-hydrogen) atoms. The maximum Gasteiger partial charge on any atom is 0.167 e. The predicted octanol–water partition coefficient (Wildman–Crippen LogP) is 5.63. The highest BCUT2D eigenvalue weighted by Gasteiger charge is 2.25. The van der Waals surface area contributed by atoms with E-state index in [1.54, 1.807) is 0 Å². The lowest BCUT2D eigenvalue weighted by Gasteiger charge is -2.32. The topological polar surface area (TPSA) is 29.3 Å². The molecule has 4 rings (SSSR count). The lowest BCUT2D eigenvalue weighted by molar-refractivity contribution is 0.187. The molecule has 0 radical (unpaired) electrons. The third kappa shape index (κ3) is 3.62. The van der Waals surface area contributed by atoms with Gasteiger partial charge in [-0.05, 0) is 63.0 Å². The number of likely N-dealkylation sites (tertiary alicyclic amines) is 1. The van der Waals surface area contributed by atoms with Gasteiger partial charge in [0, 0.05) is 16.3 Å². The first-order valence-electron chi connectivity index (χ1n) is 9.57. The molecule has 0 unspecified atom stereocenters. The SMILES string of the molecule is Clc1ccc2onc(C3CCN(CCC4CCCCC4)CC3)c2c1. The van der Waals surface area contributed by atoms with Crippen LogP contribution >= 0.6 is 11.6 Å². The summed E-state index contributed by atoms with van der Waals surface area (Å²) in [4.78, 5) is 2.65. The Morgan fingerprint density at radius 1 is 1.08 bits per heavy atom. The Balaban J connectivity index is 1.33. The van der Waals surface area contributed by atoms with Crippen LogP contribution in [0, 0.1) is 5.92 Å². The molecule has 0 bridgehead atoms. The number of hydrogen-bond acceptors (Lipinski definition) is 3. The van der Waals surface area contributed by atoms with Crippen LogP contribution in [0.1, 0.15) is 63.0 Å². The number of aromatic nitrogens is 1. The Labute approximate surface area is 149 Å². The monoisotopic (exact) mass is 346 g/mol. The van der Waals surface area contributed by atoms with Crippen LogP contribution in [0.3, 0.4) is 0 Å². The number of benzene rings is 1. The first kappa shape index (κ1) is 16.4. The molecular formula is C20H27ClN2O. The fraction of sp³-hybridized carbons (Fsp3) is 0.650. The van der Waals surface area contributed by atoms with E-state index in [9.17, 15) is 0 Å². The van der Waals surface area contributed by atoms with Crippen molar-refractivity contribution in [2.45, 2.75) is 57.3 Å². The second-order valence-electron chi connectivity index (χ2n) is 7.62. The van der Waals surface area contributed by atoms with Crippen molar-refractivity contribution in [2.24, 2.45) is 5.92 Å². The summed E-state index contributed by atoms with van der Waals surface area (Å²) in [5.74, 6) is 1.49. The molecule has 0 spiro atoms. The highest BCUT2D eigenvalue weighted by atomic mass is 35.5. The van der Waals surface area contributed by atoms with Gasteiger partial charge in [0.05, 0.1) is 5.69 Å². The number of halogens is 1. The minimum Gasteiger partial charge on any atom is -0.356 e. The van der Waals surface area contributed by atoms with Crippen molar-refractivity contribution in [2.75, 3.05) is 19.6 Å². The molecule has 2 heterocycles. The van der Waals surface area contributed by atoms with Crippen molar-refractivity contribution in [3.8, 4) is 0 Å². The summed E-state index contributed by atoms with van der Waals surface area (Å²) in [7, 11) is 0. The van der Waals surface area contributed by atoms with E-state index < -0.39 is 0 Å². The van der Waals surface area contributed by atoms with Crippen LogP contribution in [0.25, 0.3) is 11.0 Å². The van der Waals surface area contributed by atoms with Crippen LogP contribution in [0.4, 0.5) is 0 Å². The molecule has 2 fully saturated rings. The van der Waals surface area contributed by atoms with Gasteiger partial charge in [0.25, 0.3) is 0 Å². The number of fused-ring (bicyclic) bond motifs is 1. The molecule has 1 aromatic heterocycles. The van der Waals surface area contributed by atoms with Crippen LogP contribution in [0.5, 0.6) is 0 Å². The molecular weight excluding hydrogens is 320 g/mol. The average molecular weight is 347 g/mol. The van der Waals surface area contributed by atoms with Gasteiger partial charge in [0.2, 0.25) is 0 Å². The van der Waals surface area contributed by atoms with Crippen molar-refractivity contribution in [1.29, 1.82) is 0 Å². The highest BCUT2D eigenvalue weighted by Crippen LogP contribution is 2.34. The Morgan fingerprint density at radius 2 is 1.88 bits per heavy atom. The number of rotatable bonds is 4. The molecule has 2 aromatic rings. The molecule has 0 atom stereocenters. The van der Waals surface area contributed by atoms with Crippen molar-refractivity contribution in [3.63, 3.8) is 0 Å². The third-order valence-corrected chi connectivity index (χ3v) is 6.25. The second kappa shape index (κ2) is 7.45. The van der Waals surface area contributed by atoms with Gasteiger partial charge >= 0.3 is 0 Å². The molecule has 4 heteroatoms. The van der Waals surface area contributed by atoms with Gasteiger partial charge in [-0.15, -0.1) is 0 Å².